The van der Waals surface area contributed by atoms with Gasteiger partial charge in [0.25, 0.3) is 0 Å². The number of ether oxygens (including phenoxy) is 4. The molecule has 10 atom stereocenters. The predicted molar refractivity (Wildman–Crippen MR) is 103 cm³/mol. The Morgan fingerprint density at radius 1 is 0.946 bits per heavy atom. The summed E-state index contributed by atoms with van der Waals surface area (Å²) in [5, 5.41) is 32.6. The molecule has 2 saturated heterocycles. The molecule has 0 aromatic rings. The molecule has 0 aliphatic carbocycles. The highest BCUT2D eigenvalue weighted by Crippen LogP contribution is 2.32. The van der Waals surface area contributed by atoms with Crippen LogP contribution in [0.1, 0.15) is 6.92 Å². The molecule has 37 heavy (non-hydrogen) atoms. The van der Waals surface area contributed by atoms with Crippen molar-refractivity contribution < 1.29 is 86.3 Å². The molecule has 3 N–H and O–H groups in total. The molecular formula is C14H21NO19S3-4. The molecule has 2 fully saturated rings. The molecule has 0 bridgehead atoms. The predicted octanol–water partition coefficient (Wildman–Crippen LogP) is -6.89. The monoisotopic (exact) mass is 603 g/mol. The van der Waals surface area contributed by atoms with Crippen LogP contribution in [0.3, 0.4) is 0 Å². The van der Waals surface area contributed by atoms with Crippen LogP contribution in [0.25, 0.3) is 0 Å². The average Bonchev–Trinajstić information content (AvgIpc) is 2.71. The molecule has 218 valence electrons. The minimum atomic E-state index is -5.66. The first-order valence-electron chi connectivity index (χ1n) is 9.77. The molecule has 0 aromatic carbocycles. The van der Waals surface area contributed by atoms with Crippen LogP contribution >= 0.6 is 0 Å². The van der Waals surface area contributed by atoms with E-state index in [-0.39, 0.29) is 0 Å². The van der Waals surface area contributed by atoms with E-state index in [1.165, 1.54) is 4.72 Å². The van der Waals surface area contributed by atoms with Crippen molar-refractivity contribution in [3.63, 3.8) is 0 Å². The van der Waals surface area contributed by atoms with E-state index in [2.05, 4.69) is 8.37 Å². The topological polar surface area (TPSA) is 320 Å². The Bertz CT molecular complexity index is 1120. The van der Waals surface area contributed by atoms with Crippen LogP contribution in [-0.2, 0) is 63.2 Å². The lowest BCUT2D eigenvalue weighted by atomic mass is 9.93. The first-order chi connectivity index (χ1) is 16.7. The Labute approximate surface area is 210 Å². The third-order valence-corrected chi connectivity index (χ3v) is 6.61. The number of carbonyl (C=O) groups is 1. The van der Waals surface area contributed by atoms with E-state index in [1.54, 1.807) is 0 Å². The number of rotatable bonds is 11. The molecule has 0 saturated carbocycles. The first-order valence-corrected chi connectivity index (χ1v) is 13.8. The summed E-state index contributed by atoms with van der Waals surface area (Å²) >= 11 is 0. The van der Waals surface area contributed by atoms with Gasteiger partial charge in [0.15, 0.2) is 22.7 Å². The van der Waals surface area contributed by atoms with Crippen LogP contribution in [0.5, 0.6) is 0 Å². The normalized spacial score (nSPS) is 37.8. The molecule has 2 aliphatic heterocycles. The molecule has 0 radical (unpaired) electrons. The number of carboxylic acid groups (broad SMARTS) is 1. The van der Waals surface area contributed by atoms with Crippen molar-refractivity contribution in [3.05, 3.63) is 0 Å². The summed E-state index contributed by atoms with van der Waals surface area (Å²) in [5.41, 5.74) is 0. The molecular weight excluding hydrogens is 582 g/mol. The molecule has 0 spiro atoms. The van der Waals surface area contributed by atoms with Crippen LogP contribution in [0.2, 0.25) is 0 Å². The van der Waals surface area contributed by atoms with Gasteiger partial charge in [-0.3, -0.25) is 8.37 Å². The van der Waals surface area contributed by atoms with Crippen molar-refractivity contribution in [3.8, 4) is 0 Å². The average molecular weight is 604 g/mol. The number of aliphatic carboxylic acids is 1. The van der Waals surface area contributed by atoms with Crippen molar-refractivity contribution in [2.75, 3.05) is 13.7 Å². The van der Waals surface area contributed by atoms with Crippen molar-refractivity contribution in [1.29, 1.82) is 0 Å². The zero-order valence-electron chi connectivity index (χ0n) is 18.5. The number of hydrogen-bond acceptors (Lipinski definition) is 19. The maximum atomic E-state index is 11.5. The van der Waals surface area contributed by atoms with Gasteiger partial charge in [-0.25, -0.2) is 30.0 Å². The Kier molecular flexibility index (Phi) is 10.3. The summed E-state index contributed by atoms with van der Waals surface area (Å²) in [7, 11) is -15.4. The smallest absolute Gasteiger partial charge is 0.218 e. The summed E-state index contributed by atoms with van der Waals surface area (Å²) in [5.74, 6) is -2.04. The second-order valence-electron chi connectivity index (χ2n) is 7.67. The standard InChI is InChI=1S/C14H25NO19S3/c1-4-6(15-35(20,21)22)7(16)9(5(31-4)3-30-36(23,24)25)32-14-11(34-37(26,27)28)8(17)10(29-2)12(33-14)13(18)19/h4-12,14-17H,3H2,1-2H3,(H,18,19)(H,20,21,22)(H,23,24,25)(H,26,27,28)/p-4/t4-,5?,6?,7+,8?,9-,10+,11-,12?,14+/m0/s1. The summed E-state index contributed by atoms with van der Waals surface area (Å²) in [6, 6.07) is -1.83. The Morgan fingerprint density at radius 2 is 1.54 bits per heavy atom. The fourth-order valence-corrected chi connectivity index (χ4v) is 5.15. The highest BCUT2D eigenvalue weighted by molar-refractivity contribution is 7.83. The van der Waals surface area contributed by atoms with Gasteiger partial charge >= 0.3 is 0 Å². The summed E-state index contributed by atoms with van der Waals surface area (Å²) in [4.78, 5) is 11.5. The van der Waals surface area contributed by atoms with Crippen molar-refractivity contribution in [1.82, 2.24) is 4.72 Å². The van der Waals surface area contributed by atoms with E-state index in [1.807, 2.05) is 0 Å². The van der Waals surface area contributed by atoms with Gasteiger partial charge < -0.3 is 52.7 Å². The van der Waals surface area contributed by atoms with Crippen LogP contribution < -0.4 is 9.83 Å². The Morgan fingerprint density at radius 3 is 2.00 bits per heavy atom. The van der Waals surface area contributed by atoms with Crippen molar-refractivity contribution in [2.45, 2.75) is 68.1 Å². The fourth-order valence-electron chi connectivity index (χ4n) is 3.71. The quantitative estimate of drug-likeness (QED) is 0.146. The molecule has 0 amide bonds. The number of methoxy groups -OCH3 is 1. The minimum Gasteiger partial charge on any atom is -0.735 e. The number of aliphatic hydroxyl groups is 2. The molecule has 2 aliphatic rings. The van der Waals surface area contributed by atoms with E-state index in [0.29, 0.717) is 0 Å². The van der Waals surface area contributed by atoms with E-state index < -0.39 is 105 Å². The molecule has 4 unspecified atom stereocenters. The fraction of sp³-hybridized carbons (Fsp3) is 0.929. The van der Waals surface area contributed by atoms with Gasteiger partial charge in [-0.1, -0.05) is 0 Å². The van der Waals surface area contributed by atoms with E-state index >= 15 is 0 Å². The molecule has 2 rings (SSSR count). The maximum Gasteiger partial charge on any atom is 0.218 e. The van der Waals surface area contributed by atoms with Crippen LogP contribution in [0.15, 0.2) is 0 Å². The summed E-state index contributed by atoms with van der Waals surface area (Å²) in [6.45, 7) is -0.104. The highest BCUT2D eigenvalue weighted by Gasteiger charge is 2.52. The van der Waals surface area contributed by atoms with Gasteiger partial charge in [0, 0.05) is 7.11 Å². The van der Waals surface area contributed by atoms with E-state index in [4.69, 9.17) is 18.9 Å². The van der Waals surface area contributed by atoms with Gasteiger partial charge in [-0.2, -0.15) is 0 Å². The zero-order valence-corrected chi connectivity index (χ0v) is 21.0. The first kappa shape index (κ1) is 32.1. The third-order valence-electron chi connectivity index (χ3n) is 5.17. The number of nitrogens with one attached hydrogen (secondary N) is 1. The van der Waals surface area contributed by atoms with Gasteiger partial charge in [0.05, 0.1) is 24.7 Å². The maximum absolute atomic E-state index is 11.5. The molecule has 20 nitrogen and oxygen atoms in total. The lowest BCUT2D eigenvalue weighted by Gasteiger charge is -2.48. The Hall–Kier alpha value is -1.16. The lowest BCUT2D eigenvalue weighted by molar-refractivity contribution is -0.360. The van der Waals surface area contributed by atoms with E-state index in [9.17, 15) is 59.0 Å². The van der Waals surface area contributed by atoms with Crippen molar-refractivity contribution in [2.24, 2.45) is 0 Å². The number of carbonyl (C=O) groups excluding carboxylic acids is 1. The molecule has 2 heterocycles. The van der Waals surface area contributed by atoms with Gasteiger partial charge in [0.1, 0.15) is 36.6 Å². The zero-order chi connectivity index (χ0) is 28.5. The number of aliphatic hydroxyl groups excluding tert-OH is 2. The van der Waals surface area contributed by atoms with Crippen LogP contribution in [0, 0.1) is 0 Å². The lowest BCUT2D eigenvalue weighted by Crippen LogP contribution is -2.68. The van der Waals surface area contributed by atoms with Crippen molar-refractivity contribution >= 4 is 37.1 Å². The second-order valence-corrected chi connectivity index (χ2v) is 10.9. The van der Waals surface area contributed by atoms with Gasteiger partial charge in [-0.05, 0) is 6.92 Å². The summed E-state index contributed by atoms with van der Waals surface area (Å²) < 4.78 is 130. The Balaban J connectivity index is 2.49. The largest absolute Gasteiger partial charge is 0.735 e. The minimum absolute atomic E-state index is 0.869. The van der Waals surface area contributed by atoms with Gasteiger partial charge in [0.2, 0.25) is 20.8 Å². The highest BCUT2D eigenvalue weighted by atomic mass is 32.3. The number of hydrogen-bond donors (Lipinski definition) is 3. The van der Waals surface area contributed by atoms with Crippen LogP contribution in [-0.4, -0.2) is 130 Å². The van der Waals surface area contributed by atoms with E-state index in [0.717, 1.165) is 14.0 Å². The second kappa shape index (κ2) is 11.9. The molecule has 0 aromatic heterocycles. The number of carboxylic acids is 1. The SMILES string of the molecule is CO[C@H]1C(C(=O)[O-])O[C@@H](O[C@H]2C(COS(=O)(=O)[O-])O[C@@H](C)C(NS(=O)(=O)[O-])[C@H]2O)[C@@H](OS(=O)(=O)[O-])C1O. The van der Waals surface area contributed by atoms with Crippen LogP contribution in [0.4, 0.5) is 0 Å². The van der Waals surface area contributed by atoms with Gasteiger partial charge in [-0.15, -0.1) is 0 Å². The summed E-state index contributed by atoms with van der Waals surface area (Å²) in [6.07, 6.45) is -18.8. The third kappa shape index (κ3) is 8.94. The molecule has 23 heteroatoms.